The SMILES string of the molecule is C[C@@H]1CC[C@H](N)[C@@]1(C)C(=O)O. The Morgan fingerprint density at radius 2 is 2.18 bits per heavy atom. The Morgan fingerprint density at radius 1 is 1.64 bits per heavy atom. The highest BCUT2D eigenvalue weighted by molar-refractivity contribution is 5.76. The van der Waals surface area contributed by atoms with Gasteiger partial charge in [-0.2, -0.15) is 0 Å². The number of hydrogen-bond donors (Lipinski definition) is 2. The minimum Gasteiger partial charge on any atom is -0.481 e. The second-order valence-electron chi connectivity index (χ2n) is 3.67. The van der Waals surface area contributed by atoms with Gasteiger partial charge in [0.1, 0.15) is 0 Å². The van der Waals surface area contributed by atoms with Crippen LogP contribution in [0.25, 0.3) is 0 Å². The van der Waals surface area contributed by atoms with Crippen molar-refractivity contribution < 1.29 is 9.90 Å². The van der Waals surface area contributed by atoms with Crippen molar-refractivity contribution in [2.45, 2.75) is 32.7 Å². The molecule has 0 aromatic rings. The molecule has 0 radical (unpaired) electrons. The molecule has 11 heavy (non-hydrogen) atoms. The minimum atomic E-state index is -0.755. The Hall–Kier alpha value is -0.570. The lowest BCUT2D eigenvalue weighted by Crippen LogP contribution is -2.44. The third-order valence-corrected chi connectivity index (χ3v) is 3.17. The first-order valence-electron chi connectivity index (χ1n) is 3.98. The molecule has 0 bridgehead atoms. The molecule has 3 nitrogen and oxygen atoms in total. The maximum Gasteiger partial charge on any atom is 0.311 e. The van der Waals surface area contributed by atoms with E-state index in [1.807, 2.05) is 6.92 Å². The number of rotatable bonds is 1. The Labute approximate surface area is 66.6 Å². The molecule has 3 heteroatoms. The van der Waals surface area contributed by atoms with Crippen LogP contribution in [0.3, 0.4) is 0 Å². The molecule has 1 rings (SSSR count). The van der Waals surface area contributed by atoms with E-state index in [9.17, 15) is 4.79 Å². The van der Waals surface area contributed by atoms with Gasteiger partial charge in [0.15, 0.2) is 0 Å². The van der Waals surface area contributed by atoms with Gasteiger partial charge in [0.25, 0.3) is 0 Å². The lowest BCUT2D eigenvalue weighted by molar-refractivity contribution is -0.150. The molecule has 0 unspecified atom stereocenters. The Morgan fingerprint density at radius 3 is 2.36 bits per heavy atom. The Bertz CT molecular complexity index is 169. The van der Waals surface area contributed by atoms with Crippen molar-refractivity contribution in [3.63, 3.8) is 0 Å². The van der Waals surface area contributed by atoms with Crippen LogP contribution in [0.2, 0.25) is 0 Å². The van der Waals surface area contributed by atoms with Crippen molar-refractivity contribution in [1.82, 2.24) is 0 Å². The number of aliphatic carboxylic acids is 1. The van der Waals surface area contributed by atoms with Crippen LogP contribution in [0.4, 0.5) is 0 Å². The van der Waals surface area contributed by atoms with Crippen molar-refractivity contribution >= 4 is 5.97 Å². The molecule has 1 aliphatic rings. The maximum atomic E-state index is 10.9. The molecule has 0 aromatic heterocycles. The summed E-state index contributed by atoms with van der Waals surface area (Å²) in [4.78, 5) is 10.9. The lowest BCUT2D eigenvalue weighted by atomic mass is 9.78. The first-order chi connectivity index (χ1) is 4.99. The third kappa shape index (κ3) is 1.03. The van der Waals surface area contributed by atoms with Gasteiger partial charge in [-0.3, -0.25) is 4.79 Å². The van der Waals surface area contributed by atoms with Gasteiger partial charge in [-0.05, 0) is 25.7 Å². The normalized spacial score (nSPS) is 44.3. The van der Waals surface area contributed by atoms with Crippen LogP contribution in [0, 0.1) is 11.3 Å². The number of carboxylic acids is 1. The summed E-state index contributed by atoms with van der Waals surface area (Å²) in [6.07, 6.45) is 1.77. The summed E-state index contributed by atoms with van der Waals surface area (Å²) in [7, 11) is 0. The van der Waals surface area contributed by atoms with E-state index >= 15 is 0 Å². The molecule has 1 saturated carbocycles. The van der Waals surface area contributed by atoms with Gasteiger partial charge in [0, 0.05) is 6.04 Å². The molecule has 0 aliphatic heterocycles. The van der Waals surface area contributed by atoms with E-state index in [1.54, 1.807) is 6.92 Å². The highest BCUT2D eigenvalue weighted by atomic mass is 16.4. The molecule has 0 heterocycles. The van der Waals surface area contributed by atoms with Crippen molar-refractivity contribution in [2.75, 3.05) is 0 Å². The molecule has 64 valence electrons. The topological polar surface area (TPSA) is 63.3 Å². The van der Waals surface area contributed by atoms with Crippen molar-refractivity contribution in [2.24, 2.45) is 17.1 Å². The molecule has 3 N–H and O–H groups in total. The first kappa shape index (κ1) is 8.53. The van der Waals surface area contributed by atoms with Crippen molar-refractivity contribution in [3.05, 3.63) is 0 Å². The molecule has 0 spiro atoms. The van der Waals surface area contributed by atoms with E-state index in [2.05, 4.69) is 0 Å². The van der Waals surface area contributed by atoms with Crippen LogP contribution in [0.5, 0.6) is 0 Å². The Kier molecular flexibility index (Phi) is 1.92. The molecule has 1 fully saturated rings. The molecule has 0 amide bonds. The van der Waals surface area contributed by atoms with Gasteiger partial charge in [0.2, 0.25) is 0 Å². The van der Waals surface area contributed by atoms with E-state index in [1.165, 1.54) is 0 Å². The number of carbonyl (C=O) groups is 1. The van der Waals surface area contributed by atoms with Gasteiger partial charge in [0.05, 0.1) is 5.41 Å². The zero-order chi connectivity index (χ0) is 8.65. The van der Waals surface area contributed by atoms with Crippen LogP contribution in [0.15, 0.2) is 0 Å². The summed E-state index contributed by atoms with van der Waals surface area (Å²) in [5, 5.41) is 8.93. The first-order valence-corrected chi connectivity index (χ1v) is 3.98. The molecular formula is C8H15NO2. The number of carboxylic acid groups (broad SMARTS) is 1. The van der Waals surface area contributed by atoms with Gasteiger partial charge in [-0.15, -0.1) is 0 Å². The summed E-state index contributed by atoms with van der Waals surface area (Å²) < 4.78 is 0. The van der Waals surface area contributed by atoms with E-state index < -0.39 is 11.4 Å². The fourth-order valence-electron chi connectivity index (χ4n) is 1.76. The predicted molar refractivity (Wildman–Crippen MR) is 42.1 cm³/mol. The average molecular weight is 157 g/mol. The molecule has 3 atom stereocenters. The fraction of sp³-hybridized carbons (Fsp3) is 0.875. The minimum absolute atomic E-state index is 0.171. The van der Waals surface area contributed by atoms with Crippen molar-refractivity contribution in [1.29, 1.82) is 0 Å². The van der Waals surface area contributed by atoms with Gasteiger partial charge in [-0.25, -0.2) is 0 Å². The standard InChI is InChI=1S/C8H15NO2/c1-5-3-4-6(9)8(5,2)7(10)11/h5-6H,3-4,9H2,1-2H3,(H,10,11)/t5-,6+,8+/m1/s1. The van der Waals surface area contributed by atoms with Gasteiger partial charge < -0.3 is 10.8 Å². The third-order valence-electron chi connectivity index (χ3n) is 3.17. The van der Waals surface area contributed by atoms with Crippen LogP contribution in [-0.2, 0) is 4.79 Å². The highest BCUT2D eigenvalue weighted by Gasteiger charge is 2.48. The summed E-state index contributed by atoms with van der Waals surface area (Å²) in [5.41, 5.74) is 5.03. The molecule has 1 aliphatic carbocycles. The smallest absolute Gasteiger partial charge is 0.311 e. The summed E-state index contributed by atoms with van der Waals surface area (Å²) >= 11 is 0. The monoisotopic (exact) mass is 157 g/mol. The summed E-state index contributed by atoms with van der Waals surface area (Å²) in [5.74, 6) is -0.551. The lowest BCUT2D eigenvalue weighted by Gasteiger charge is -2.28. The predicted octanol–water partition coefficient (Wildman–Crippen LogP) is 0.835. The van der Waals surface area contributed by atoms with Crippen LogP contribution in [-0.4, -0.2) is 17.1 Å². The van der Waals surface area contributed by atoms with Crippen LogP contribution < -0.4 is 5.73 Å². The quantitative estimate of drug-likeness (QED) is 0.592. The maximum absolute atomic E-state index is 10.9. The van der Waals surface area contributed by atoms with Gasteiger partial charge >= 0.3 is 5.97 Å². The van der Waals surface area contributed by atoms with Gasteiger partial charge in [-0.1, -0.05) is 6.92 Å². The molecule has 0 saturated heterocycles. The second kappa shape index (κ2) is 2.48. The molecule has 0 aromatic carbocycles. The summed E-state index contributed by atoms with van der Waals surface area (Å²) in [6, 6.07) is -0.171. The van der Waals surface area contributed by atoms with Crippen LogP contribution >= 0.6 is 0 Å². The number of hydrogen-bond acceptors (Lipinski definition) is 2. The zero-order valence-corrected chi connectivity index (χ0v) is 7.00. The highest BCUT2D eigenvalue weighted by Crippen LogP contribution is 2.41. The van der Waals surface area contributed by atoms with E-state index in [4.69, 9.17) is 10.8 Å². The molecular weight excluding hydrogens is 142 g/mol. The van der Waals surface area contributed by atoms with Crippen LogP contribution in [0.1, 0.15) is 26.7 Å². The Balaban J connectivity index is 2.88. The number of nitrogens with two attached hydrogens (primary N) is 1. The van der Waals surface area contributed by atoms with E-state index in [0.717, 1.165) is 12.8 Å². The largest absolute Gasteiger partial charge is 0.481 e. The van der Waals surface area contributed by atoms with E-state index in [0.29, 0.717) is 0 Å². The zero-order valence-electron chi connectivity index (χ0n) is 7.00. The second-order valence-corrected chi connectivity index (χ2v) is 3.67. The fourth-order valence-corrected chi connectivity index (χ4v) is 1.76. The van der Waals surface area contributed by atoms with E-state index in [-0.39, 0.29) is 12.0 Å². The average Bonchev–Trinajstić information content (AvgIpc) is 2.18. The van der Waals surface area contributed by atoms with Crippen molar-refractivity contribution in [3.8, 4) is 0 Å². The summed E-state index contributed by atoms with van der Waals surface area (Å²) in [6.45, 7) is 3.71.